The van der Waals surface area contributed by atoms with Crippen LogP contribution in [0.2, 0.25) is 0 Å². The maximum Gasteiger partial charge on any atom is 0.154 e. The third-order valence-corrected chi connectivity index (χ3v) is 2.83. The van der Waals surface area contributed by atoms with Gasteiger partial charge in [-0.2, -0.15) is 5.10 Å². The first-order valence-electron chi connectivity index (χ1n) is 5.15. The number of rotatable bonds is 1. The maximum atomic E-state index is 4.33. The molecule has 0 unspecified atom stereocenters. The summed E-state index contributed by atoms with van der Waals surface area (Å²) >= 11 is 3.44. The van der Waals surface area contributed by atoms with E-state index in [9.17, 15) is 0 Å². The lowest BCUT2D eigenvalue weighted by atomic mass is 9.92. The van der Waals surface area contributed by atoms with Gasteiger partial charge in [0.25, 0.3) is 0 Å². The molecule has 84 valence electrons. The summed E-state index contributed by atoms with van der Waals surface area (Å²) in [5.41, 5.74) is 1.21. The lowest BCUT2D eigenvalue weighted by Gasteiger charge is -2.19. The Labute approximate surface area is 104 Å². The summed E-state index contributed by atoms with van der Waals surface area (Å²) in [6, 6.07) is 5.90. The quantitative estimate of drug-likeness (QED) is 0.802. The summed E-state index contributed by atoms with van der Waals surface area (Å²) < 4.78 is 2.89. The summed E-state index contributed by atoms with van der Waals surface area (Å²) in [5, 5.41) is 4.33. The topological polar surface area (TPSA) is 30.7 Å². The van der Waals surface area contributed by atoms with Crippen molar-refractivity contribution in [3.05, 3.63) is 40.8 Å². The molecule has 3 nitrogen and oxygen atoms in total. The Hall–Kier alpha value is -1.16. The highest BCUT2D eigenvalue weighted by Crippen LogP contribution is 2.24. The molecule has 2 aromatic heterocycles. The highest BCUT2D eigenvalue weighted by atomic mass is 79.9. The van der Waals surface area contributed by atoms with Gasteiger partial charge in [0.15, 0.2) is 5.82 Å². The van der Waals surface area contributed by atoms with Crippen molar-refractivity contribution in [2.45, 2.75) is 26.2 Å². The minimum absolute atomic E-state index is 0.0560. The molecule has 0 spiro atoms. The zero-order valence-corrected chi connectivity index (χ0v) is 11.2. The molecule has 2 heterocycles. The van der Waals surface area contributed by atoms with Gasteiger partial charge in [-0.25, -0.2) is 9.67 Å². The van der Waals surface area contributed by atoms with Gasteiger partial charge in [0.1, 0.15) is 0 Å². The number of hydrogen-bond acceptors (Lipinski definition) is 2. The average molecular weight is 280 g/mol. The molecule has 16 heavy (non-hydrogen) atoms. The zero-order valence-electron chi connectivity index (χ0n) is 9.61. The van der Waals surface area contributed by atoms with Gasteiger partial charge in [0.05, 0.1) is 5.69 Å². The van der Waals surface area contributed by atoms with Gasteiger partial charge in [-0.05, 0) is 18.2 Å². The molecule has 0 atom stereocenters. The summed E-state index contributed by atoms with van der Waals surface area (Å²) in [6.07, 6.45) is 3.58. The predicted octanol–water partition coefficient (Wildman–Crippen LogP) is 3.33. The summed E-state index contributed by atoms with van der Waals surface area (Å²) in [7, 11) is 0. The van der Waals surface area contributed by atoms with Crippen LogP contribution in [0.3, 0.4) is 0 Å². The van der Waals surface area contributed by atoms with E-state index in [1.807, 2.05) is 29.1 Å². The fourth-order valence-electron chi connectivity index (χ4n) is 1.56. The van der Waals surface area contributed by atoms with Crippen LogP contribution < -0.4 is 0 Å². The highest BCUT2D eigenvalue weighted by molar-refractivity contribution is 9.10. The molecule has 2 aromatic rings. The summed E-state index contributed by atoms with van der Waals surface area (Å²) in [4.78, 5) is 4.33. The monoisotopic (exact) mass is 279 g/mol. The fourth-order valence-corrected chi connectivity index (χ4v) is 1.89. The third-order valence-electron chi connectivity index (χ3n) is 2.34. The number of pyridine rings is 1. The second-order valence-corrected chi connectivity index (χ2v) is 5.63. The lowest BCUT2D eigenvalue weighted by molar-refractivity contribution is 0.541. The van der Waals surface area contributed by atoms with Crippen molar-refractivity contribution < 1.29 is 0 Å². The van der Waals surface area contributed by atoms with Crippen molar-refractivity contribution in [1.29, 1.82) is 0 Å². The molecular formula is C12H14BrN3. The molecule has 0 saturated heterocycles. The molecule has 0 aliphatic rings. The van der Waals surface area contributed by atoms with Crippen molar-refractivity contribution in [3.63, 3.8) is 0 Å². The van der Waals surface area contributed by atoms with E-state index in [4.69, 9.17) is 0 Å². The van der Waals surface area contributed by atoms with Gasteiger partial charge in [-0.1, -0.05) is 36.7 Å². The minimum atomic E-state index is 0.0560. The van der Waals surface area contributed by atoms with E-state index >= 15 is 0 Å². The van der Waals surface area contributed by atoms with Gasteiger partial charge in [-0.3, -0.25) is 0 Å². The van der Waals surface area contributed by atoms with Crippen molar-refractivity contribution in [3.8, 4) is 5.82 Å². The average Bonchev–Trinajstić information content (AvgIpc) is 2.65. The van der Waals surface area contributed by atoms with Crippen LogP contribution in [0, 0.1) is 0 Å². The van der Waals surface area contributed by atoms with E-state index in [-0.39, 0.29) is 5.41 Å². The Bertz CT molecular complexity index is 497. The smallest absolute Gasteiger partial charge is 0.154 e. The van der Waals surface area contributed by atoms with E-state index in [1.54, 1.807) is 6.20 Å². The van der Waals surface area contributed by atoms with Gasteiger partial charge < -0.3 is 0 Å². The maximum absolute atomic E-state index is 4.33. The van der Waals surface area contributed by atoms with Gasteiger partial charge in [0, 0.05) is 22.3 Å². The molecule has 0 fully saturated rings. The molecule has 0 aliphatic carbocycles. The van der Waals surface area contributed by atoms with E-state index in [1.165, 1.54) is 0 Å². The van der Waals surface area contributed by atoms with Gasteiger partial charge in [0.2, 0.25) is 0 Å². The van der Waals surface area contributed by atoms with E-state index in [0.29, 0.717) is 0 Å². The Morgan fingerprint density at radius 1 is 1.19 bits per heavy atom. The normalized spacial score (nSPS) is 11.8. The second kappa shape index (κ2) is 4.01. The van der Waals surface area contributed by atoms with Crippen LogP contribution in [0.1, 0.15) is 26.5 Å². The molecule has 0 bridgehead atoms. The number of halogens is 1. The summed E-state index contributed by atoms with van der Waals surface area (Å²) in [6.45, 7) is 6.50. The Morgan fingerprint density at radius 2 is 1.94 bits per heavy atom. The highest BCUT2D eigenvalue weighted by Gasteiger charge is 2.19. The van der Waals surface area contributed by atoms with Crippen molar-refractivity contribution in [1.82, 2.24) is 14.8 Å². The Balaban J connectivity index is 2.53. The third kappa shape index (κ3) is 2.16. The molecular weight excluding hydrogens is 266 g/mol. The Morgan fingerprint density at radius 3 is 2.56 bits per heavy atom. The molecule has 0 N–H and O–H groups in total. The van der Waals surface area contributed by atoms with E-state index in [0.717, 1.165) is 16.0 Å². The molecule has 0 amide bonds. The molecule has 0 aromatic carbocycles. The van der Waals surface area contributed by atoms with Crippen LogP contribution in [0.4, 0.5) is 0 Å². The molecule has 2 rings (SSSR count). The van der Waals surface area contributed by atoms with Crippen LogP contribution in [0.5, 0.6) is 0 Å². The standard InChI is InChI=1S/C12H14BrN3/c1-12(2,3)10-5-7-15-16(10)11-8-9(13)4-6-14-11/h4-8H,1-3H3. The zero-order chi connectivity index (χ0) is 11.8. The number of aromatic nitrogens is 3. The minimum Gasteiger partial charge on any atom is -0.237 e. The van der Waals surface area contributed by atoms with Crippen LogP contribution in [0.25, 0.3) is 5.82 Å². The van der Waals surface area contributed by atoms with Crippen molar-refractivity contribution in [2.75, 3.05) is 0 Å². The fraction of sp³-hybridized carbons (Fsp3) is 0.333. The van der Waals surface area contributed by atoms with E-state index in [2.05, 4.69) is 46.8 Å². The van der Waals surface area contributed by atoms with Crippen LogP contribution in [-0.4, -0.2) is 14.8 Å². The van der Waals surface area contributed by atoms with Gasteiger partial charge in [-0.15, -0.1) is 0 Å². The number of hydrogen-bond donors (Lipinski definition) is 0. The van der Waals surface area contributed by atoms with Gasteiger partial charge >= 0.3 is 0 Å². The number of nitrogens with zero attached hydrogens (tertiary/aromatic N) is 3. The lowest BCUT2D eigenvalue weighted by Crippen LogP contribution is -2.18. The van der Waals surface area contributed by atoms with Crippen LogP contribution >= 0.6 is 15.9 Å². The largest absolute Gasteiger partial charge is 0.237 e. The first-order valence-corrected chi connectivity index (χ1v) is 5.94. The SMILES string of the molecule is CC(C)(C)c1ccnn1-c1cc(Br)ccn1. The van der Waals surface area contributed by atoms with Crippen molar-refractivity contribution in [2.24, 2.45) is 0 Å². The first kappa shape index (κ1) is 11.3. The predicted molar refractivity (Wildman–Crippen MR) is 67.8 cm³/mol. The van der Waals surface area contributed by atoms with Crippen molar-refractivity contribution >= 4 is 15.9 Å². The van der Waals surface area contributed by atoms with E-state index < -0.39 is 0 Å². The second-order valence-electron chi connectivity index (χ2n) is 4.71. The summed E-state index contributed by atoms with van der Waals surface area (Å²) in [5.74, 6) is 0.837. The molecule has 0 radical (unpaired) electrons. The Kier molecular flexibility index (Phi) is 2.84. The molecule has 0 aliphatic heterocycles. The molecule has 0 saturated carbocycles. The van der Waals surface area contributed by atoms with Crippen LogP contribution in [-0.2, 0) is 5.41 Å². The van der Waals surface area contributed by atoms with Crippen LogP contribution in [0.15, 0.2) is 35.1 Å². The first-order chi connectivity index (χ1) is 7.48. The molecule has 4 heteroatoms.